The average Bonchev–Trinajstić information content (AvgIpc) is 2.38. The summed E-state index contributed by atoms with van der Waals surface area (Å²) < 4.78 is 11.1. The first-order valence-corrected chi connectivity index (χ1v) is 7.09. The van der Waals surface area contributed by atoms with Gasteiger partial charge in [0.2, 0.25) is 0 Å². The molecule has 0 aromatic heterocycles. The molecule has 0 unspecified atom stereocenters. The molecule has 0 radical (unpaired) electrons. The first kappa shape index (κ1) is 14.4. The van der Waals surface area contributed by atoms with Gasteiger partial charge in [-0.15, -0.1) is 0 Å². The summed E-state index contributed by atoms with van der Waals surface area (Å²) in [4.78, 5) is 0. The lowest BCUT2D eigenvalue weighted by atomic mass is 9.67. The summed E-state index contributed by atoms with van der Waals surface area (Å²) in [5.74, 6) is 0.917. The van der Waals surface area contributed by atoms with Crippen LogP contribution < -0.4 is 10.5 Å². The quantitative estimate of drug-likeness (QED) is 0.905. The topological polar surface area (TPSA) is 46.1 Å². The van der Waals surface area contributed by atoms with E-state index in [0.29, 0.717) is 0 Å². The molecule has 19 heavy (non-hydrogen) atoms. The molecule has 1 aliphatic rings. The van der Waals surface area contributed by atoms with Crippen molar-refractivity contribution in [2.75, 3.05) is 20.3 Å². The van der Waals surface area contributed by atoms with E-state index in [-0.39, 0.29) is 11.0 Å². The summed E-state index contributed by atoms with van der Waals surface area (Å²) in [7, 11) is 1.71. The third-order valence-electron chi connectivity index (χ3n) is 4.20. The average molecular weight is 264 g/mol. The Balaban J connectivity index is 2.32. The van der Waals surface area contributed by atoms with Gasteiger partial charge in [-0.3, -0.25) is 0 Å². The zero-order valence-electron chi connectivity index (χ0n) is 12.4. The fraction of sp³-hybridized carbons (Fsp3) is 0.625. The molecule has 3 nitrogen and oxygen atoms in total. The molecule has 1 aromatic rings. The minimum atomic E-state index is -0.0483. The molecule has 106 valence electrons. The minimum absolute atomic E-state index is 0.0483. The van der Waals surface area contributed by atoms with E-state index in [0.717, 1.165) is 38.2 Å². The largest absolute Gasteiger partial charge is 0.497 e. The van der Waals surface area contributed by atoms with E-state index in [1.54, 1.807) is 7.11 Å². The number of methoxy groups -OCH3 is 1. The van der Waals surface area contributed by atoms with Gasteiger partial charge in [-0.1, -0.05) is 12.1 Å². The zero-order valence-corrected chi connectivity index (χ0v) is 12.4. The van der Waals surface area contributed by atoms with Gasteiger partial charge in [0, 0.05) is 18.4 Å². The molecule has 3 N–H and O–H groups in total. The Bertz CT molecular complexity index is 409. The number of quaternary nitrogens is 1. The van der Waals surface area contributed by atoms with Gasteiger partial charge in [0.1, 0.15) is 5.75 Å². The maximum Gasteiger partial charge on any atom is 0.118 e. The highest BCUT2D eigenvalue weighted by molar-refractivity contribution is 5.33. The lowest BCUT2D eigenvalue weighted by Gasteiger charge is -2.45. The van der Waals surface area contributed by atoms with E-state index in [4.69, 9.17) is 9.47 Å². The molecular weight excluding hydrogens is 238 g/mol. The van der Waals surface area contributed by atoms with Crippen molar-refractivity contribution in [1.29, 1.82) is 0 Å². The van der Waals surface area contributed by atoms with E-state index in [1.807, 2.05) is 0 Å². The molecule has 1 saturated heterocycles. The lowest BCUT2D eigenvalue weighted by molar-refractivity contribution is -0.372. The molecule has 0 amide bonds. The molecule has 0 spiro atoms. The molecule has 1 heterocycles. The highest BCUT2D eigenvalue weighted by atomic mass is 16.5. The van der Waals surface area contributed by atoms with Crippen molar-refractivity contribution < 1.29 is 15.2 Å². The third-order valence-corrected chi connectivity index (χ3v) is 4.20. The fourth-order valence-corrected chi connectivity index (χ4v) is 3.36. The Hall–Kier alpha value is -1.06. The van der Waals surface area contributed by atoms with Gasteiger partial charge < -0.3 is 15.2 Å². The van der Waals surface area contributed by atoms with Crippen molar-refractivity contribution in [3.63, 3.8) is 0 Å². The summed E-state index contributed by atoms with van der Waals surface area (Å²) in [6, 6.07) is 8.52. The van der Waals surface area contributed by atoms with Crippen LogP contribution in [0.1, 0.15) is 38.7 Å². The van der Waals surface area contributed by atoms with Gasteiger partial charge in [-0.05, 0) is 44.4 Å². The van der Waals surface area contributed by atoms with E-state index in [9.17, 15) is 0 Å². The van der Waals surface area contributed by atoms with Crippen molar-refractivity contribution in [3.8, 4) is 5.75 Å². The lowest BCUT2D eigenvalue weighted by Crippen LogP contribution is -2.55. The van der Waals surface area contributed by atoms with Crippen molar-refractivity contribution in [2.45, 2.75) is 44.1 Å². The Kier molecular flexibility index (Phi) is 4.16. The summed E-state index contributed by atoms with van der Waals surface area (Å²) in [6.45, 7) is 6.17. The van der Waals surface area contributed by atoms with Crippen LogP contribution in [0.3, 0.4) is 0 Å². The normalized spacial score (nSPS) is 26.1. The maximum atomic E-state index is 5.89. The second kappa shape index (κ2) is 5.51. The van der Waals surface area contributed by atoms with Gasteiger partial charge in [0.25, 0.3) is 0 Å². The van der Waals surface area contributed by atoms with Crippen LogP contribution in [0.2, 0.25) is 0 Å². The summed E-state index contributed by atoms with van der Waals surface area (Å²) in [6.07, 6.45) is 3.26. The standard InChI is InChI=1S/C16H25NO2/c1-15(2)12-16(8-10-17,9-11-19-15)13-4-6-14(18-3)7-5-13/h4-7H,8-12,17H2,1-3H3/p+1/t16-/m1/s1. The van der Waals surface area contributed by atoms with Crippen LogP contribution in [0.15, 0.2) is 24.3 Å². The smallest absolute Gasteiger partial charge is 0.118 e. The van der Waals surface area contributed by atoms with Gasteiger partial charge in [-0.2, -0.15) is 0 Å². The molecule has 1 aliphatic heterocycles. The van der Waals surface area contributed by atoms with E-state index in [1.165, 1.54) is 5.56 Å². The van der Waals surface area contributed by atoms with Crippen LogP contribution in [0, 0.1) is 0 Å². The number of benzene rings is 1. The molecule has 1 fully saturated rings. The SMILES string of the molecule is COc1ccc([C@]2(CC[NH3+])CCOC(C)(C)C2)cc1. The van der Waals surface area contributed by atoms with Crippen LogP contribution in [-0.4, -0.2) is 25.9 Å². The van der Waals surface area contributed by atoms with E-state index in [2.05, 4.69) is 43.8 Å². The van der Waals surface area contributed by atoms with Gasteiger partial charge >= 0.3 is 0 Å². The van der Waals surface area contributed by atoms with Crippen molar-refractivity contribution in [1.82, 2.24) is 0 Å². The van der Waals surface area contributed by atoms with Crippen LogP contribution in [0.4, 0.5) is 0 Å². The highest BCUT2D eigenvalue weighted by Crippen LogP contribution is 2.43. The molecule has 2 rings (SSSR count). The Morgan fingerprint density at radius 2 is 1.95 bits per heavy atom. The summed E-state index contributed by atoms with van der Waals surface area (Å²) in [5.41, 5.74) is 5.62. The minimum Gasteiger partial charge on any atom is -0.497 e. The summed E-state index contributed by atoms with van der Waals surface area (Å²) >= 11 is 0. The molecule has 1 atom stereocenters. The Morgan fingerprint density at radius 3 is 2.47 bits per heavy atom. The van der Waals surface area contributed by atoms with Crippen LogP contribution >= 0.6 is 0 Å². The van der Waals surface area contributed by atoms with Crippen molar-refractivity contribution in [3.05, 3.63) is 29.8 Å². The first-order valence-electron chi connectivity index (χ1n) is 7.09. The van der Waals surface area contributed by atoms with Crippen LogP contribution in [-0.2, 0) is 10.2 Å². The van der Waals surface area contributed by atoms with Gasteiger partial charge in [-0.25, -0.2) is 0 Å². The van der Waals surface area contributed by atoms with Gasteiger partial charge in [0.05, 0.1) is 19.3 Å². The summed E-state index contributed by atoms with van der Waals surface area (Å²) in [5, 5.41) is 0. The van der Waals surface area contributed by atoms with Crippen molar-refractivity contribution in [2.24, 2.45) is 0 Å². The highest BCUT2D eigenvalue weighted by Gasteiger charge is 2.41. The monoisotopic (exact) mass is 264 g/mol. The fourth-order valence-electron chi connectivity index (χ4n) is 3.36. The second-order valence-electron chi connectivity index (χ2n) is 6.15. The van der Waals surface area contributed by atoms with Crippen LogP contribution in [0.5, 0.6) is 5.75 Å². The zero-order chi connectivity index (χ0) is 13.9. The molecule has 1 aromatic carbocycles. The predicted octanol–water partition coefficient (Wildman–Crippen LogP) is 2.15. The number of rotatable bonds is 4. The van der Waals surface area contributed by atoms with Crippen molar-refractivity contribution >= 4 is 0 Å². The Labute approximate surface area is 116 Å². The maximum absolute atomic E-state index is 5.89. The number of hydrogen-bond acceptors (Lipinski definition) is 2. The first-order chi connectivity index (χ1) is 9.01. The van der Waals surface area contributed by atoms with E-state index >= 15 is 0 Å². The molecule has 0 saturated carbocycles. The Morgan fingerprint density at radius 1 is 1.26 bits per heavy atom. The number of ether oxygens (including phenoxy) is 2. The molecular formula is C16H26NO2+. The second-order valence-corrected chi connectivity index (χ2v) is 6.15. The predicted molar refractivity (Wildman–Crippen MR) is 76.3 cm³/mol. The molecule has 0 aliphatic carbocycles. The third kappa shape index (κ3) is 3.10. The number of hydrogen-bond donors (Lipinski definition) is 1. The van der Waals surface area contributed by atoms with Gasteiger partial charge in [0.15, 0.2) is 0 Å². The van der Waals surface area contributed by atoms with E-state index < -0.39 is 0 Å². The van der Waals surface area contributed by atoms with Crippen LogP contribution in [0.25, 0.3) is 0 Å². The molecule has 3 heteroatoms. The molecule has 0 bridgehead atoms.